The maximum absolute atomic E-state index is 12.6. The molecule has 0 fully saturated rings. The molecule has 22 heavy (non-hydrogen) atoms. The van der Waals surface area contributed by atoms with E-state index in [0.717, 1.165) is 10.9 Å². The highest BCUT2D eigenvalue weighted by molar-refractivity contribution is 6.35. The number of carbonyl (C=O) groups is 1. The summed E-state index contributed by atoms with van der Waals surface area (Å²) in [7, 11) is 1.69. The Labute approximate surface area is 132 Å². The van der Waals surface area contributed by atoms with Gasteiger partial charge in [-0.15, -0.1) is 0 Å². The minimum absolute atomic E-state index is 0.169. The molecule has 3 rings (SSSR count). The summed E-state index contributed by atoms with van der Waals surface area (Å²) in [6.07, 6.45) is 0. The van der Waals surface area contributed by atoms with Gasteiger partial charge in [0.15, 0.2) is 0 Å². The smallest absolute Gasteiger partial charge is 0.274 e. The second kappa shape index (κ2) is 5.55. The molecule has 1 N–H and O–H groups in total. The van der Waals surface area contributed by atoms with Crippen molar-refractivity contribution in [2.75, 3.05) is 11.9 Å². The first kappa shape index (κ1) is 14.2. The number of nitrogens with one attached hydrogen (secondary N) is 1. The summed E-state index contributed by atoms with van der Waals surface area (Å²) < 4.78 is 0. The zero-order valence-electron chi connectivity index (χ0n) is 11.8. The molecular formula is C17H12ClN3O. The van der Waals surface area contributed by atoms with Gasteiger partial charge in [-0.3, -0.25) is 4.79 Å². The van der Waals surface area contributed by atoms with Gasteiger partial charge in [-0.25, -0.2) is 0 Å². The van der Waals surface area contributed by atoms with Crippen LogP contribution in [0.4, 0.5) is 5.69 Å². The number of nitrogens with zero attached hydrogens (tertiary/aromatic N) is 2. The van der Waals surface area contributed by atoms with E-state index < -0.39 is 0 Å². The van der Waals surface area contributed by atoms with Crippen LogP contribution in [0.25, 0.3) is 10.9 Å². The Bertz CT molecular complexity index is 890. The molecule has 0 aliphatic carbocycles. The molecule has 3 aromatic rings. The number of hydrogen-bond acceptors (Lipinski definition) is 2. The summed E-state index contributed by atoms with van der Waals surface area (Å²) in [6.45, 7) is 0. The first-order valence-electron chi connectivity index (χ1n) is 6.65. The van der Waals surface area contributed by atoms with E-state index in [1.54, 1.807) is 43.4 Å². The van der Waals surface area contributed by atoms with Gasteiger partial charge in [0.1, 0.15) is 5.69 Å². The fraction of sp³-hybridized carbons (Fsp3) is 0.0588. The summed E-state index contributed by atoms with van der Waals surface area (Å²) in [5, 5.41) is 10.3. The quantitative estimate of drug-likeness (QED) is 0.778. The number of halogens is 1. The summed E-state index contributed by atoms with van der Waals surface area (Å²) in [4.78, 5) is 17.2. The van der Waals surface area contributed by atoms with Crippen molar-refractivity contribution in [2.24, 2.45) is 0 Å². The Morgan fingerprint density at radius 1 is 1.23 bits per heavy atom. The molecule has 1 heterocycles. The topological polar surface area (TPSA) is 59.9 Å². The van der Waals surface area contributed by atoms with Crippen LogP contribution in [0.15, 0.2) is 48.5 Å². The Morgan fingerprint density at radius 3 is 2.59 bits per heavy atom. The number of rotatable bonds is 2. The second-order valence-electron chi connectivity index (χ2n) is 4.91. The number of benzene rings is 2. The van der Waals surface area contributed by atoms with Gasteiger partial charge in [0.2, 0.25) is 0 Å². The minimum atomic E-state index is -0.169. The van der Waals surface area contributed by atoms with Gasteiger partial charge in [-0.05, 0) is 36.4 Å². The molecule has 0 atom stereocenters. The molecule has 0 aliphatic rings. The number of fused-ring (bicyclic) bond motifs is 1. The maximum Gasteiger partial charge on any atom is 0.274 e. The number of aromatic nitrogens is 1. The number of aromatic amines is 1. The molecule has 1 amide bonds. The third-order valence-corrected chi connectivity index (χ3v) is 3.84. The normalized spacial score (nSPS) is 10.4. The zero-order chi connectivity index (χ0) is 15.7. The fourth-order valence-electron chi connectivity index (χ4n) is 2.29. The number of H-pyrrole nitrogens is 1. The summed E-state index contributed by atoms with van der Waals surface area (Å²) >= 11 is 6.12. The summed E-state index contributed by atoms with van der Waals surface area (Å²) in [5.41, 5.74) is 2.49. The van der Waals surface area contributed by atoms with Crippen molar-refractivity contribution >= 4 is 34.1 Å². The highest BCUT2D eigenvalue weighted by Crippen LogP contribution is 2.24. The van der Waals surface area contributed by atoms with E-state index in [2.05, 4.69) is 11.1 Å². The molecule has 0 saturated carbocycles. The third kappa shape index (κ3) is 2.43. The Balaban J connectivity index is 1.94. The van der Waals surface area contributed by atoms with Crippen molar-refractivity contribution in [1.29, 1.82) is 5.26 Å². The van der Waals surface area contributed by atoms with Crippen LogP contribution in [0.5, 0.6) is 0 Å². The van der Waals surface area contributed by atoms with Crippen LogP contribution in [-0.4, -0.2) is 17.9 Å². The van der Waals surface area contributed by atoms with E-state index in [-0.39, 0.29) is 5.91 Å². The molecule has 2 aromatic carbocycles. The van der Waals surface area contributed by atoms with E-state index in [4.69, 9.17) is 16.9 Å². The van der Waals surface area contributed by atoms with Gasteiger partial charge < -0.3 is 9.88 Å². The lowest BCUT2D eigenvalue weighted by molar-refractivity contribution is 0.0989. The average Bonchev–Trinajstić information content (AvgIpc) is 2.99. The van der Waals surface area contributed by atoms with Gasteiger partial charge in [0.25, 0.3) is 5.91 Å². The van der Waals surface area contributed by atoms with Gasteiger partial charge in [0.05, 0.1) is 22.2 Å². The van der Waals surface area contributed by atoms with E-state index >= 15 is 0 Å². The highest BCUT2D eigenvalue weighted by atomic mass is 35.5. The second-order valence-corrected chi connectivity index (χ2v) is 5.32. The zero-order valence-corrected chi connectivity index (χ0v) is 12.6. The number of hydrogen-bond donors (Lipinski definition) is 1. The summed E-state index contributed by atoms with van der Waals surface area (Å²) in [5.74, 6) is -0.169. The Morgan fingerprint density at radius 2 is 1.95 bits per heavy atom. The van der Waals surface area contributed by atoms with Crippen LogP contribution in [-0.2, 0) is 0 Å². The first-order valence-corrected chi connectivity index (χ1v) is 7.03. The number of anilines is 1. The predicted octanol–water partition coefficient (Wildman–Crippen LogP) is 3.97. The maximum atomic E-state index is 12.6. The minimum Gasteiger partial charge on any atom is -0.349 e. The lowest BCUT2D eigenvalue weighted by Crippen LogP contribution is -2.26. The first-order chi connectivity index (χ1) is 10.6. The number of carbonyl (C=O) groups excluding carboxylic acids is 1. The number of nitriles is 1. The molecular weight excluding hydrogens is 298 g/mol. The van der Waals surface area contributed by atoms with Crippen LogP contribution in [0.3, 0.4) is 0 Å². The largest absolute Gasteiger partial charge is 0.349 e. The van der Waals surface area contributed by atoms with Crippen LogP contribution in [0, 0.1) is 11.3 Å². The lowest BCUT2D eigenvalue weighted by Gasteiger charge is -2.16. The molecule has 0 radical (unpaired) electrons. The Kier molecular flexibility index (Phi) is 3.58. The molecule has 0 spiro atoms. The SMILES string of the molecule is CN(C(=O)c1cc2cccc(Cl)c2[nH]1)c1ccc(C#N)cc1. The molecule has 108 valence electrons. The van der Waals surface area contributed by atoms with E-state index in [1.165, 1.54) is 4.90 Å². The third-order valence-electron chi connectivity index (χ3n) is 3.52. The van der Waals surface area contributed by atoms with Gasteiger partial charge in [0, 0.05) is 18.1 Å². The lowest BCUT2D eigenvalue weighted by atomic mass is 10.2. The van der Waals surface area contributed by atoms with Gasteiger partial charge in [-0.2, -0.15) is 5.26 Å². The van der Waals surface area contributed by atoms with E-state index in [1.807, 2.05) is 12.1 Å². The molecule has 5 heteroatoms. The van der Waals surface area contributed by atoms with Crippen molar-refractivity contribution in [3.63, 3.8) is 0 Å². The molecule has 0 saturated heterocycles. The van der Waals surface area contributed by atoms with Crippen LogP contribution >= 0.6 is 11.6 Å². The van der Waals surface area contributed by atoms with Crippen LogP contribution < -0.4 is 4.90 Å². The van der Waals surface area contributed by atoms with Crippen molar-refractivity contribution in [3.05, 3.63) is 64.8 Å². The predicted molar refractivity (Wildman–Crippen MR) is 87.2 cm³/mol. The molecule has 1 aromatic heterocycles. The van der Waals surface area contributed by atoms with Crippen LogP contribution in [0.2, 0.25) is 5.02 Å². The van der Waals surface area contributed by atoms with Crippen molar-refractivity contribution in [1.82, 2.24) is 4.98 Å². The van der Waals surface area contributed by atoms with Crippen molar-refractivity contribution in [3.8, 4) is 6.07 Å². The standard InChI is InChI=1S/C17H12ClN3O/c1-21(13-7-5-11(10-19)6-8-13)17(22)15-9-12-3-2-4-14(18)16(12)20-15/h2-9,20H,1H3. The van der Waals surface area contributed by atoms with Crippen molar-refractivity contribution in [2.45, 2.75) is 0 Å². The molecule has 0 aliphatic heterocycles. The molecule has 0 unspecified atom stereocenters. The number of amides is 1. The van der Waals surface area contributed by atoms with Gasteiger partial charge >= 0.3 is 0 Å². The van der Waals surface area contributed by atoms with E-state index in [9.17, 15) is 4.79 Å². The van der Waals surface area contributed by atoms with E-state index in [0.29, 0.717) is 22.0 Å². The average molecular weight is 310 g/mol. The molecule has 0 bridgehead atoms. The fourth-order valence-corrected chi connectivity index (χ4v) is 2.52. The van der Waals surface area contributed by atoms with Crippen molar-refractivity contribution < 1.29 is 4.79 Å². The monoisotopic (exact) mass is 309 g/mol. The highest BCUT2D eigenvalue weighted by Gasteiger charge is 2.16. The molecule has 4 nitrogen and oxygen atoms in total. The summed E-state index contributed by atoms with van der Waals surface area (Å²) in [6, 6.07) is 16.2. The Hall–Kier alpha value is -2.77. The number of para-hydroxylation sites is 1. The van der Waals surface area contributed by atoms with Gasteiger partial charge in [-0.1, -0.05) is 23.7 Å². The van der Waals surface area contributed by atoms with Crippen LogP contribution in [0.1, 0.15) is 16.1 Å².